The van der Waals surface area contributed by atoms with Gasteiger partial charge >= 0.3 is 0 Å². The molecule has 15 heavy (non-hydrogen) atoms. The lowest BCUT2D eigenvalue weighted by molar-refractivity contribution is -0.180. The predicted molar refractivity (Wildman–Crippen MR) is 56.5 cm³/mol. The van der Waals surface area contributed by atoms with E-state index in [2.05, 4.69) is 0 Å². The Bertz CT molecular complexity index is 252. The van der Waals surface area contributed by atoms with Crippen LogP contribution in [0.2, 0.25) is 0 Å². The first kappa shape index (κ1) is 10.8. The zero-order valence-corrected chi connectivity index (χ0v) is 9.04. The lowest BCUT2D eigenvalue weighted by Crippen LogP contribution is -2.24. The van der Waals surface area contributed by atoms with Crippen LogP contribution in [0.15, 0.2) is 11.6 Å². The zero-order valence-electron chi connectivity index (χ0n) is 9.04. The number of hydrogen-bond donors (Lipinski definition) is 0. The van der Waals surface area contributed by atoms with Crippen molar-refractivity contribution in [1.29, 1.82) is 0 Å². The van der Waals surface area contributed by atoms with Gasteiger partial charge < -0.3 is 9.47 Å². The van der Waals surface area contributed by atoms with Crippen molar-refractivity contribution in [2.24, 2.45) is 0 Å². The molecule has 1 aliphatic heterocycles. The third kappa shape index (κ3) is 3.43. The zero-order chi connectivity index (χ0) is 10.5. The normalized spacial score (nSPS) is 24.0. The van der Waals surface area contributed by atoms with Crippen molar-refractivity contribution in [3.05, 3.63) is 11.6 Å². The Hall–Kier alpha value is -0.670. The second kappa shape index (κ2) is 5.42. The Balaban J connectivity index is 1.74. The minimum atomic E-state index is -0.0447. The van der Waals surface area contributed by atoms with Gasteiger partial charge in [-0.3, -0.25) is 4.79 Å². The first-order valence-electron chi connectivity index (χ1n) is 5.80. The first-order valence-corrected chi connectivity index (χ1v) is 5.80. The van der Waals surface area contributed by atoms with Crippen LogP contribution >= 0.6 is 0 Å². The molecule has 84 valence electrons. The van der Waals surface area contributed by atoms with Crippen LogP contribution in [0.25, 0.3) is 0 Å². The Morgan fingerprint density at radius 2 is 2.00 bits per heavy atom. The van der Waals surface area contributed by atoms with E-state index in [9.17, 15) is 4.79 Å². The van der Waals surface area contributed by atoms with Crippen molar-refractivity contribution in [3.8, 4) is 0 Å². The number of carbonyl (C=O) groups excluding carboxylic acids is 1. The van der Waals surface area contributed by atoms with E-state index in [1.165, 1.54) is 5.57 Å². The molecule has 1 aliphatic carbocycles. The summed E-state index contributed by atoms with van der Waals surface area (Å²) in [6.45, 7) is 1.62. The number of rotatable bonds is 3. The van der Waals surface area contributed by atoms with Gasteiger partial charge in [0.05, 0.1) is 13.2 Å². The summed E-state index contributed by atoms with van der Waals surface area (Å²) in [6, 6.07) is 0. The molecule has 3 heteroatoms. The SMILES string of the molecule is O=C1C=C(CCC2OCCCO2)CCC1. The highest BCUT2D eigenvalue weighted by atomic mass is 16.7. The maximum absolute atomic E-state index is 11.2. The van der Waals surface area contributed by atoms with E-state index < -0.39 is 0 Å². The molecule has 0 bridgehead atoms. The fourth-order valence-corrected chi connectivity index (χ4v) is 2.07. The summed E-state index contributed by atoms with van der Waals surface area (Å²) >= 11 is 0. The molecule has 1 heterocycles. The standard InChI is InChI=1S/C12H18O3/c13-11-4-1-3-10(9-11)5-6-12-14-7-2-8-15-12/h9,12H,1-8H2. The molecular formula is C12H18O3. The van der Waals surface area contributed by atoms with E-state index in [0.29, 0.717) is 0 Å². The van der Waals surface area contributed by atoms with Crippen LogP contribution in [-0.2, 0) is 14.3 Å². The van der Waals surface area contributed by atoms with Gasteiger partial charge in [0.1, 0.15) is 0 Å². The lowest BCUT2D eigenvalue weighted by Gasteiger charge is -2.23. The van der Waals surface area contributed by atoms with Crippen molar-refractivity contribution < 1.29 is 14.3 Å². The number of allylic oxidation sites excluding steroid dienone is 2. The van der Waals surface area contributed by atoms with Crippen molar-refractivity contribution >= 4 is 5.78 Å². The number of carbonyl (C=O) groups is 1. The van der Waals surface area contributed by atoms with Crippen LogP contribution in [0, 0.1) is 0 Å². The fourth-order valence-electron chi connectivity index (χ4n) is 2.07. The van der Waals surface area contributed by atoms with Crippen LogP contribution < -0.4 is 0 Å². The van der Waals surface area contributed by atoms with Crippen molar-refractivity contribution in [1.82, 2.24) is 0 Å². The van der Waals surface area contributed by atoms with Crippen LogP contribution in [0.5, 0.6) is 0 Å². The third-order valence-corrected chi connectivity index (χ3v) is 2.88. The maximum atomic E-state index is 11.2. The topological polar surface area (TPSA) is 35.5 Å². The first-order chi connectivity index (χ1) is 7.34. The molecule has 0 atom stereocenters. The van der Waals surface area contributed by atoms with E-state index in [1.807, 2.05) is 6.08 Å². The minimum Gasteiger partial charge on any atom is -0.353 e. The minimum absolute atomic E-state index is 0.0447. The van der Waals surface area contributed by atoms with Crippen molar-refractivity contribution in [2.75, 3.05) is 13.2 Å². The molecule has 2 aliphatic rings. The second-order valence-corrected chi connectivity index (χ2v) is 4.19. The smallest absolute Gasteiger partial charge is 0.157 e. The van der Waals surface area contributed by atoms with E-state index in [0.717, 1.165) is 51.7 Å². The van der Waals surface area contributed by atoms with Gasteiger partial charge in [-0.25, -0.2) is 0 Å². The molecule has 1 saturated heterocycles. The quantitative estimate of drug-likeness (QED) is 0.716. The molecule has 0 spiro atoms. The summed E-state index contributed by atoms with van der Waals surface area (Å²) in [5.41, 5.74) is 1.27. The maximum Gasteiger partial charge on any atom is 0.157 e. The Morgan fingerprint density at radius 1 is 1.20 bits per heavy atom. The summed E-state index contributed by atoms with van der Waals surface area (Å²) < 4.78 is 10.9. The largest absolute Gasteiger partial charge is 0.353 e. The van der Waals surface area contributed by atoms with Crippen LogP contribution in [0.3, 0.4) is 0 Å². The number of hydrogen-bond acceptors (Lipinski definition) is 3. The van der Waals surface area contributed by atoms with Crippen LogP contribution in [-0.4, -0.2) is 25.3 Å². The molecule has 3 nitrogen and oxygen atoms in total. The summed E-state index contributed by atoms with van der Waals surface area (Å²) in [4.78, 5) is 11.2. The molecule has 0 N–H and O–H groups in total. The third-order valence-electron chi connectivity index (χ3n) is 2.88. The van der Waals surface area contributed by atoms with Gasteiger partial charge in [-0.1, -0.05) is 5.57 Å². The molecule has 0 aromatic heterocycles. The summed E-state index contributed by atoms with van der Waals surface area (Å²) in [7, 11) is 0. The second-order valence-electron chi connectivity index (χ2n) is 4.19. The van der Waals surface area contributed by atoms with Gasteiger partial charge in [-0.15, -0.1) is 0 Å². The highest BCUT2D eigenvalue weighted by Crippen LogP contribution is 2.22. The lowest BCUT2D eigenvalue weighted by atomic mass is 9.95. The molecule has 2 rings (SSSR count). The molecule has 1 fully saturated rings. The molecule has 0 saturated carbocycles. The highest BCUT2D eigenvalue weighted by Gasteiger charge is 2.16. The Labute approximate surface area is 90.4 Å². The van der Waals surface area contributed by atoms with Crippen molar-refractivity contribution in [2.45, 2.75) is 44.8 Å². The van der Waals surface area contributed by atoms with E-state index in [1.54, 1.807) is 0 Å². The van der Waals surface area contributed by atoms with Gasteiger partial charge in [-0.2, -0.15) is 0 Å². The summed E-state index contributed by atoms with van der Waals surface area (Å²) in [5.74, 6) is 0.279. The molecule has 0 radical (unpaired) electrons. The summed E-state index contributed by atoms with van der Waals surface area (Å²) in [6.07, 6.45) is 7.39. The fraction of sp³-hybridized carbons (Fsp3) is 0.750. The van der Waals surface area contributed by atoms with Gasteiger partial charge in [0.25, 0.3) is 0 Å². The highest BCUT2D eigenvalue weighted by molar-refractivity contribution is 5.91. The van der Waals surface area contributed by atoms with E-state index >= 15 is 0 Å². The summed E-state index contributed by atoms with van der Waals surface area (Å²) in [5, 5.41) is 0. The number of ketones is 1. The van der Waals surface area contributed by atoms with Gasteiger partial charge in [-0.05, 0) is 31.8 Å². The molecule has 0 aromatic carbocycles. The van der Waals surface area contributed by atoms with Gasteiger partial charge in [0.15, 0.2) is 12.1 Å². The monoisotopic (exact) mass is 210 g/mol. The molecule has 0 unspecified atom stereocenters. The van der Waals surface area contributed by atoms with Crippen LogP contribution in [0.1, 0.15) is 38.5 Å². The number of ether oxygens (including phenoxy) is 2. The Kier molecular flexibility index (Phi) is 3.92. The molecule has 0 amide bonds. The predicted octanol–water partition coefficient (Wildman–Crippen LogP) is 2.21. The van der Waals surface area contributed by atoms with Crippen LogP contribution in [0.4, 0.5) is 0 Å². The Morgan fingerprint density at radius 3 is 2.73 bits per heavy atom. The molecular weight excluding hydrogens is 192 g/mol. The molecule has 0 aromatic rings. The van der Waals surface area contributed by atoms with E-state index in [-0.39, 0.29) is 12.1 Å². The van der Waals surface area contributed by atoms with E-state index in [4.69, 9.17) is 9.47 Å². The average molecular weight is 210 g/mol. The average Bonchev–Trinajstić information content (AvgIpc) is 2.28. The van der Waals surface area contributed by atoms with Gasteiger partial charge in [0, 0.05) is 12.8 Å². The van der Waals surface area contributed by atoms with Crippen molar-refractivity contribution in [3.63, 3.8) is 0 Å². The van der Waals surface area contributed by atoms with Gasteiger partial charge in [0.2, 0.25) is 0 Å².